The van der Waals surface area contributed by atoms with Crippen LogP contribution in [0.25, 0.3) is 0 Å². The molecule has 0 N–H and O–H groups in total. The second-order valence-corrected chi connectivity index (χ2v) is 5.60. The normalized spacial score (nSPS) is 11.9. The van der Waals surface area contributed by atoms with E-state index in [2.05, 4.69) is 20.9 Å². The largest absolute Gasteiger partial charge is 0.343 e. The molecule has 0 saturated heterocycles. The summed E-state index contributed by atoms with van der Waals surface area (Å²) in [6.45, 7) is 1.44. The zero-order chi connectivity index (χ0) is 8.65. The molecule has 0 saturated carbocycles. The summed E-state index contributed by atoms with van der Waals surface area (Å²) in [5.74, 6) is 0. The first-order valence-corrected chi connectivity index (χ1v) is 5.48. The van der Waals surface area contributed by atoms with Gasteiger partial charge in [0.2, 0.25) is 0 Å². The number of aryl methyl sites for hydroxylation is 1. The molecule has 3 nitrogen and oxygen atoms in total. The van der Waals surface area contributed by atoms with E-state index in [1.165, 1.54) is 6.92 Å². The molecule has 0 fully saturated rings. The maximum atomic E-state index is 12.3. The van der Waals surface area contributed by atoms with Crippen LogP contribution in [0.3, 0.4) is 0 Å². The highest BCUT2D eigenvalue weighted by Crippen LogP contribution is 2.28. The summed E-state index contributed by atoms with van der Waals surface area (Å²) in [5, 5.41) is 0. The minimum Gasteiger partial charge on any atom is -0.233 e. The zero-order valence-corrected chi connectivity index (χ0v) is 8.56. The second kappa shape index (κ2) is 2.80. The van der Waals surface area contributed by atoms with Crippen LogP contribution >= 0.6 is 27.3 Å². The van der Waals surface area contributed by atoms with E-state index in [9.17, 15) is 12.3 Å². The van der Waals surface area contributed by atoms with E-state index in [-0.39, 0.29) is 9.90 Å². The molecule has 0 aliphatic rings. The lowest BCUT2D eigenvalue weighted by Crippen LogP contribution is -1.90. The number of hydrogen-bond acceptors (Lipinski definition) is 4. The summed E-state index contributed by atoms with van der Waals surface area (Å²) in [6.07, 6.45) is 0. The third-order valence-corrected chi connectivity index (χ3v) is 3.94. The summed E-state index contributed by atoms with van der Waals surface area (Å²) in [4.78, 5) is 3.69. The van der Waals surface area contributed by atoms with Gasteiger partial charge < -0.3 is 0 Å². The van der Waals surface area contributed by atoms with Gasteiger partial charge >= 0.3 is 10.2 Å². The van der Waals surface area contributed by atoms with Crippen molar-refractivity contribution in [1.82, 2.24) is 4.98 Å². The molecule has 62 valence electrons. The lowest BCUT2D eigenvalue weighted by Gasteiger charge is -1.86. The van der Waals surface area contributed by atoms with Crippen LogP contribution in [0.1, 0.15) is 5.69 Å². The number of nitrogens with zero attached hydrogens (tertiary/aromatic N) is 1. The first-order chi connectivity index (χ1) is 4.91. The number of thiazole rings is 1. The van der Waals surface area contributed by atoms with Gasteiger partial charge in [-0.3, -0.25) is 0 Å². The second-order valence-electron chi connectivity index (χ2n) is 1.78. The van der Waals surface area contributed by atoms with Gasteiger partial charge in [-0.25, -0.2) is 4.98 Å². The van der Waals surface area contributed by atoms with Crippen LogP contribution in [0, 0.1) is 6.92 Å². The molecule has 11 heavy (non-hydrogen) atoms. The Hall–Kier alpha value is -0.0100. The zero-order valence-electron chi connectivity index (χ0n) is 5.34. The molecule has 0 bridgehead atoms. The van der Waals surface area contributed by atoms with E-state index in [1.807, 2.05) is 0 Å². The molecule has 1 heterocycles. The van der Waals surface area contributed by atoms with Gasteiger partial charge in [-0.15, -0.1) is 0 Å². The Kier molecular flexibility index (Phi) is 2.31. The molecule has 0 aliphatic carbocycles. The molecule has 1 aromatic rings. The molecule has 0 spiro atoms. The van der Waals surface area contributed by atoms with Crippen molar-refractivity contribution in [2.45, 2.75) is 11.1 Å². The predicted molar refractivity (Wildman–Crippen MR) is 42.8 cm³/mol. The smallest absolute Gasteiger partial charge is 0.233 e. The van der Waals surface area contributed by atoms with Crippen molar-refractivity contribution in [2.24, 2.45) is 0 Å². The Morgan fingerprint density at radius 1 is 1.64 bits per heavy atom. The molecule has 1 rings (SSSR count). The van der Waals surface area contributed by atoms with E-state index < -0.39 is 10.2 Å². The van der Waals surface area contributed by atoms with E-state index in [1.54, 1.807) is 0 Å². The number of hydrogen-bond donors (Lipinski definition) is 0. The van der Waals surface area contributed by atoms with Gasteiger partial charge in [-0.2, -0.15) is 8.42 Å². The van der Waals surface area contributed by atoms with Crippen molar-refractivity contribution in [3.05, 3.63) is 9.61 Å². The lowest BCUT2D eigenvalue weighted by atomic mass is 10.6. The minimum atomic E-state index is -4.59. The van der Waals surface area contributed by atoms with Gasteiger partial charge in [0.15, 0.2) is 8.13 Å². The first-order valence-electron chi connectivity index (χ1n) is 2.49. The topological polar surface area (TPSA) is 47.0 Å². The molecule has 0 unspecified atom stereocenters. The molecule has 0 amide bonds. The highest BCUT2D eigenvalue weighted by atomic mass is 79.9. The standard InChI is InChI=1S/C4H3BrFNO2S2/c1-2-3(11(6,8)9)10-4(5)7-2/h1H3. The molecule has 0 aliphatic heterocycles. The Balaban J connectivity index is 3.36. The minimum absolute atomic E-state index is 0.185. The third kappa shape index (κ3) is 1.97. The van der Waals surface area contributed by atoms with Gasteiger partial charge in [0.25, 0.3) is 0 Å². The third-order valence-electron chi connectivity index (χ3n) is 0.949. The molecule has 0 atom stereocenters. The van der Waals surface area contributed by atoms with Crippen LogP contribution in [0.15, 0.2) is 8.13 Å². The predicted octanol–water partition coefficient (Wildman–Crippen LogP) is 1.87. The average molecular weight is 260 g/mol. The molecule has 0 radical (unpaired) electrons. The van der Waals surface area contributed by atoms with Crippen molar-refractivity contribution in [3.8, 4) is 0 Å². The fourth-order valence-electron chi connectivity index (χ4n) is 0.577. The van der Waals surface area contributed by atoms with Gasteiger partial charge in [0, 0.05) is 0 Å². The van der Waals surface area contributed by atoms with Crippen LogP contribution in [0.5, 0.6) is 0 Å². The van der Waals surface area contributed by atoms with Crippen molar-refractivity contribution in [2.75, 3.05) is 0 Å². The fraction of sp³-hybridized carbons (Fsp3) is 0.250. The maximum absolute atomic E-state index is 12.3. The summed E-state index contributed by atoms with van der Waals surface area (Å²) < 4.78 is 33.1. The Labute approximate surface area is 75.6 Å². The molecule has 0 aromatic carbocycles. The number of rotatable bonds is 1. The Morgan fingerprint density at radius 3 is 2.36 bits per heavy atom. The van der Waals surface area contributed by atoms with Crippen molar-refractivity contribution in [3.63, 3.8) is 0 Å². The fourth-order valence-corrected chi connectivity index (χ4v) is 3.21. The van der Waals surface area contributed by atoms with Crippen LogP contribution in [-0.2, 0) is 10.2 Å². The first kappa shape index (κ1) is 9.08. The van der Waals surface area contributed by atoms with Gasteiger partial charge in [0.05, 0.1) is 5.69 Å². The van der Waals surface area contributed by atoms with Crippen LogP contribution in [0.2, 0.25) is 0 Å². The number of halogens is 2. The quantitative estimate of drug-likeness (QED) is 0.724. The van der Waals surface area contributed by atoms with Crippen molar-refractivity contribution >= 4 is 37.5 Å². The van der Waals surface area contributed by atoms with Gasteiger partial charge in [-0.05, 0) is 22.9 Å². The highest BCUT2D eigenvalue weighted by Gasteiger charge is 2.19. The van der Waals surface area contributed by atoms with Crippen molar-refractivity contribution < 1.29 is 12.3 Å². The summed E-state index contributed by atoms with van der Waals surface area (Å²) in [5.41, 5.74) is 0.185. The van der Waals surface area contributed by atoms with Crippen LogP contribution < -0.4 is 0 Å². The molecule has 1 aromatic heterocycles. The van der Waals surface area contributed by atoms with Crippen LogP contribution in [-0.4, -0.2) is 13.4 Å². The number of aromatic nitrogens is 1. The summed E-state index contributed by atoms with van der Waals surface area (Å²) in [7, 11) is -4.59. The van der Waals surface area contributed by atoms with Gasteiger partial charge in [0.1, 0.15) is 0 Å². The summed E-state index contributed by atoms with van der Waals surface area (Å²) in [6, 6.07) is 0. The molecule has 7 heteroatoms. The van der Waals surface area contributed by atoms with E-state index in [4.69, 9.17) is 0 Å². The van der Waals surface area contributed by atoms with Crippen molar-refractivity contribution in [1.29, 1.82) is 0 Å². The summed E-state index contributed by atoms with van der Waals surface area (Å²) >= 11 is 3.72. The monoisotopic (exact) mass is 259 g/mol. The lowest BCUT2D eigenvalue weighted by molar-refractivity contribution is 0.553. The van der Waals surface area contributed by atoms with Crippen LogP contribution in [0.4, 0.5) is 3.89 Å². The Bertz CT molecular complexity index is 371. The Morgan fingerprint density at radius 2 is 2.18 bits per heavy atom. The average Bonchev–Trinajstić information content (AvgIpc) is 2.08. The van der Waals surface area contributed by atoms with E-state index in [0.29, 0.717) is 3.92 Å². The maximum Gasteiger partial charge on any atom is 0.343 e. The van der Waals surface area contributed by atoms with Gasteiger partial charge in [-0.1, -0.05) is 15.2 Å². The van der Waals surface area contributed by atoms with E-state index in [0.717, 1.165) is 11.3 Å². The SMILES string of the molecule is Cc1nc(Br)sc1S(=O)(=O)F. The molecular weight excluding hydrogens is 257 g/mol. The molecular formula is C4H3BrFNO2S2. The van der Waals surface area contributed by atoms with E-state index >= 15 is 0 Å². The highest BCUT2D eigenvalue weighted by molar-refractivity contribution is 9.11.